The van der Waals surface area contributed by atoms with Gasteiger partial charge in [0.05, 0.1) is 24.5 Å². The Labute approximate surface area is 110 Å². The predicted molar refractivity (Wildman–Crippen MR) is 65.5 cm³/mol. The first-order chi connectivity index (χ1) is 9.11. The molecule has 1 rings (SSSR count). The van der Waals surface area contributed by atoms with Crippen molar-refractivity contribution in [3.05, 3.63) is 29.8 Å². The summed E-state index contributed by atoms with van der Waals surface area (Å²) in [5.41, 5.74) is 0.877. The van der Waals surface area contributed by atoms with E-state index in [1.165, 1.54) is 12.1 Å². The number of benzene rings is 1. The van der Waals surface area contributed by atoms with Crippen LogP contribution in [0.2, 0.25) is 0 Å². The van der Waals surface area contributed by atoms with Crippen molar-refractivity contribution in [2.45, 2.75) is 31.2 Å². The molecule has 0 heterocycles. The van der Waals surface area contributed by atoms with Crippen molar-refractivity contribution in [2.75, 3.05) is 7.11 Å². The van der Waals surface area contributed by atoms with Crippen LogP contribution < -0.4 is 0 Å². The first kappa shape index (κ1) is 11.7. The number of hydrogen-bond acceptors (Lipinski definition) is 5. The summed E-state index contributed by atoms with van der Waals surface area (Å²) < 4.78 is 48.0. The topological polar surface area (TPSA) is 69.7 Å². The number of rotatable bonds is 5. The number of esters is 1. The van der Waals surface area contributed by atoms with Crippen molar-refractivity contribution in [1.29, 1.82) is 0 Å². The molecule has 0 aliphatic carbocycles. The van der Waals surface area contributed by atoms with Gasteiger partial charge in [0.25, 0.3) is 10.1 Å². The van der Waals surface area contributed by atoms with Crippen LogP contribution in [0.4, 0.5) is 0 Å². The summed E-state index contributed by atoms with van der Waals surface area (Å²) >= 11 is 0. The van der Waals surface area contributed by atoms with Crippen LogP contribution in [0.3, 0.4) is 0 Å². The molecule has 18 heavy (non-hydrogen) atoms. The zero-order valence-corrected chi connectivity index (χ0v) is 11.2. The normalized spacial score (nSPS) is 15.5. The summed E-state index contributed by atoms with van der Waals surface area (Å²) in [7, 11) is -3.13. The van der Waals surface area contributed by atoms with Crippen LogP contribution in [0.25, 0.3) is 0 Å². The van der Waals surface area contributed by atoms with Crippen LogP contribution in [0.15, 0.2) is 29.2 Å². The number of aryl methyl sites for hydroxylation is 1. The van der Waals surface area contributed by atoms with Gasteiger partial charge in [-0.2, -0.15) is 8.42 Å². The Morgan fingerprint density at radius 2 is 1.94 bits per heavy atom. The molecular formula is C12H16O5S. The molecule has 0 saturated carbocycles. The van der Waals surface area contributed by atoms with Gasteiger partial charge in [0, 0.05) is 2.74 Å². The van der Waals surface area contributed by atoms with E-state index in [0.29, 0.717) is 0 Å². The van der Waals surface area contributed by atoms with Crippen molar-refractivity contribution >= 4 is 16.1 Å². The van der Waals surface area contributed by atoms with E-state index in [0.717, 1.165) is 19.6 Å². The fraction of sp³-hybridized carbons (Fsp3) is 0.417. The molecular weight excluding hydrogens is 256 g/mol. The molecule has 5 nitrogen and oxygen atoms in total. The maximum atomic E-state index is 12.0. The third kappa shape index (κ3) is 4.12. The Morgan fingerprint density at radius 1 is 1.39 bits per heavy atom. The van der Waals surface area contributed by atoms with E-state index in [1.807, 2.05) is 0 Å². The van der Waals surface area contributed by atoms with Gasteiger partial charge in [-0.05, 0) is 26.0 Å². The highest BCUT2D eigenvalue weighted by molar-refractivity contribution is 7.86. The number of methoxy groups -OCH3 is 1. The van der Waals surface area contributed by atoms with Crippen LogP contribution >= 0.6 is 0 Å². The second kappa shape index (κ2) is 5.97. The van der Waals surface area contributed by atoms with E-state index in [9.17, 15) is 13.2 Å². The highest BCUT2D eigenvalue weighted by Gasteiger charge is 2.20. The average Bonchev–Trinajstić information content (AvgIpc) is 2.37. The van der Waals surface area contributed by atoms with Gasteiger partial charge in [0.15, 0.2) is 0 Å². The van der Waals surface area contributed by atoms with Gasteiger partial charge in [0.1, 0.15) is 0 Å². The van der Waals surface area contributed by atoms with E-state index in [2.05, 4.69) is 4.74 Å². The lowest BCUT2D eigenvalue weighted by Gasteiger charge is -2.11. The quantitative estimate of drug-likeness (QED) is 0.603. The van der Waals surface area contributed by atoms with Crippen molar-refractivity contribution in [1.82, 2.24) is 0 Å². The molecule has 0 aromatic heterocycles. The van der Waals surface area contributed by atoms with Crippen LogP contribution in [-0.2, 0) is 23.8 Å². The maximum Gasteiger partial charge on any atom is 0.308 e. The summed E-state index contributed by atoms with van der Waals surface area (Å²) in [5.74, 6) is -1.19. The van der Waals surface area contributed by atoms with Crippen molar-refractivity contribution in [3.63, 3.8) is 0 Å². The van der Waals surface area contributed by atoms with Gasteiger partial charge >= 0.3 is 5.97 Å². The molecule has 1 aromatic rings. The monoisotopic (exact) mass is 274 g/mol. The second-order valence-corrected chi connectivity index (χ2v) is 5.21. The lowest BCUT2D eigenvalue weighted by Crippen LogP contribution is -2.19. The molecule has 6 heteroatoms. The smallest absolute Gasteiger partial charge is 0.308 e. The molecule has 0 aliphatic rings. The lowest BCUT2D eigenvalue weighted by atomic mass is 10.2. The molecule has 0 aliphatic heterocycles. The number of ether oxygens (including phenoxy) is 1. The minimum absolute atomic E-state index is 0.101. The standard InChI is InChI=1S/C12H16O5S/c1-9-4-6-11(7-5-9)18(14,15)17-10(2)8-12(13)16-3/h4-7,10H,8H2,1-3H3/i8D2. The molecule has 0 saturated heterocycles. The molecule has 0 bridgehead atoms. The number of carbonyl (C=O) groups is 1. The average molecular weight is 274 g/mol. The van der Waals surface area contributed by atoms with E-state index < -0.39 is 28.6 Å². The molecule has 1 aromatic carbocycles. The molecule has 0 amide bonds. The zero-order valence-electron chi connectivity index (χ0n) is 12.3. The predicted octanol–water partition coefficient (Wildman–Crippen LogP) is 1.65. The molecule has 0 radical (unpaired) electrons. The Hall–Kier alpha value is -1.40. The van der Waals surface area contributed by atoms with Gasteiger partial charge in [-0.3, -0.25) is 8.98 Å². The highest BCUT2D eigenvalue weighted by Crippen LogP contribution is 2.16. The fourth-order valence-corrected chi connectivity index (χ4v) is 2.21. The fourth-order valence-electron chi connectivity index (χ4n) is 1.20. The minimum Gasteiger partial charge on any atom is -0.469 e. The van der Waals surface area contributed by atoms with E-state index in [1.54, 1.807) is 19.1 Å². The first-order valence-electron chi connectivity index (χ1n) is 6.19. The summed E-state index contributed by atoms with van der Waals surface area (Å²) in [4.78, 5) is 11.2. The third-order valence-electron chi connectivity index (χ3n) is 2.09. The summed E-state index contributed by atoms with van der Waals surface area (Å²) in [5, 5.41) is 0. The van der Waals surface area contributed by atoms with E-state index in [4.69, 9.17) is 6.92 Å². The van der Waals surface area contributed by atoms with Crippen molar-refractivity contribution < 1.29 is 24.9 Å². The van der Waals surface area contributed by atoms with Gasteiger partial charge in [-0.15, -0.1) is 0 Å². The van der Waals surface area contributed by atoms with Crippen LogP contribution in [0, 0.1) is 6.92 Å². The molecule has 0 fully saturated rings. The molecule has 1 atom stereocenters. The maximum absolute atomic E-state index is 12.0. The highest BCUT2D eigenvalue weighted by atomic mass is 32.2. The van der Waals surface area contributed by atoms with Crippen LogP contribution in [0.5, 0.6) is 0 Å². The summed E-state index contributed by atoms with van der Waals surface area (Å²) in [6.45, 7) is 2.96. The summed E-state index contributed by atoms with van der Waals surface area (Å²) in [6.07, 6.45) is -4.08. The van der Waals surface area contributed by atoms with Gasteiger partial charge in [-0.1, -0.05) is 17.7 Å². The SMILES string of the molecule is [2H]C([2H])(C(=O)OC)C(C)OS(=O)(=O)c1ccc(C)cc1. The van der Waals surface area contributed by atoms with Gasteiger partial charge < -0.3 is 4.74 Å². The van der Waals surface area contributed by atoms with E-state index >= 15 is 0 Å². The largest absolute Gasteiger partial charge is 0.469 e. The number of carbonyl (C=O) groups excluding carboxylic acids is 1. The Bertz CT molecular complexity index is 580. The Balaban J connectivity index is 2.97. The zero-order chi connectivity index (χ0) is 15.6. The first-order valence-corrected chi connectivity index (χ1v) is 6.60. The Kier molecular flexibility index (Phi) is 3.87. The molecule has 100 valence electrons. The summed E-state index contributed by atoms with van der Waals surface area (Å²) in [6, 6.07) is 5.89. The molecule has 0 spiro atoms. The van der Waals surface area contributed by atoms with E-state index in [-0.39, 0.29) is 4.90 Å². The van der Waals surface area contributed by atoms with Crippen LogP contribution in [-0.4, -0.2) is 27.6 Å². The number of hydrogen-bond donors (Lipinski definition) is 0. The second-order valence-electron chi connectivity index (χ2n) is 3.64. The van der Waals surface area contributed by atoms with Crippen LogP contribution in [0.1, 0.15) is 21.6 Å². The lowest BCUT2D eigenvalue weighted by molar-refractivity contribution is -0.142. The van der Waals surface area contributed by atoms with Crippen molar-refractivity contribution in [3.8, 4) is 0 Å². The third-order valence-corrected chi connectivity index (χ3v) is 3.48. The van der Waals surface area contributed by atoms with Gasteiger partial charge in [-0.25, -0.2) is 0 Å². The van der Waals surface area contributed by atoms with Crippen molar-refractivity contribution in [2.24, 2.45) is 0 Å². The minimum atomic E-state index is -4.15. The molecule has 0 N–H and O–H groups in total. The molecule has 1 unspecified atom stereocenters. The Morgan fingerprint density at radius 3 is 2.44 bits per heavy atom. The van der Waals surface area contributed by atoms with Gasteiger partial charge in [0.2, 0.25) is 0 Å².